The average Bonchev–Trinajstić information content (AvgIpc) is 3.04. The monoisotopic (exact) mass is 238 g/mol. The molecule has 0 bridgehead atoms. The van der Waals surface area contributed by atoms with Crippen molar-refractivity contribution in [3.8, 4) is 11.8 Å². The summed E-state index contributed by atoms with van der Waals surface area (Å²) in [6.45, 7) is 1.64. The van der Waals surface area contributed by atoms with Gasteiger partial charge < -0.3 is 9.30 Å². The molecule has 2 heterocycles. The van der Waals surface area contributed by atoms with E-state index in [1.807, 2.05) is 22.9 Å². The summed E-state index contributed by atoms with van der Waals surface area (Å²) in [6.07, 6.45) is 3.90. The number of hydrogen-bond donors (Lipinski definition) is 0. The number of benzene rings is 1. The maximum atomic E-state index is 8.94. The molecule has 1 aromatic heterocycles. The van der Waals surface area contributed by atoms with Crippen LogP contribution in [-0.2, 0) is 19.4 Å². The van der Waals surface area contributed by atoms with Crippen LogP contribution in [0.1, 0.15) is 16.8 Å². The average molecular weight is 238 g/mol. The first-order chi connectivity index (χ1) is 8.86. The van der Waals surface area contributed by atoms with Crippen LogP contribution in [0.2, 0.25) is 0 Å². The second kappa shape index (κ2) is 4.58. The summed E-state index contributed by atoms with van der Waals surface area (Å²) in [4.78, 5) is 0. The summed E-state index contributed by atoms with van der Waals surface area (Å²) < 4.78 is 7.48. The number of ether oxygens (including phenoxy) is 1. The highest BCUT2D eigenvalue weighted by Gasteiger charge is 2.11. The van der Waals surface area contributed by atoms with Crippen molar-refractivity contribution in [2.45, 2.75) is 19.4 Å². The summed E-state index contributed by atoms with van der Waals surface area (Å²) in [7, 11) is 0. The normalized spacial score (nSPS) is 12.8. The molecule has 0 saturated heterocycles. The molecule has 3 rings (SSSR count). The molecule has 2 aromatic rings. The lowest BCUT2D eigenvalue weighted by Gasteiger charge is -2.06. The highest BCUT2D eigenvalue weighted by molar-refractivity contribution is 5.39. The summed E-state index contributed by atoms with van der Waals surface area (Å²) in [5.41, 5.74) is 3.33. The van der Waals surface area contributed by atoms with Gasteiger partial charge in [0.25, 0.3) is 0 Å². The molecule has 18 heavy (non-hydrogen) atoms. The fourth-order valence-corrected chi connectivity index (χ4v) is 2.36. The Hall–Kier alpha value is -2.21. The molecule has 1 aliphatic rings. The first-order valence-corrected chi connectivity index (χ1v) is 6.16. The Morgan fingerprint density at radius 3 is 3.17 bits per heavy atom. The topological polar surface area (TPSA) is 38.0 Å². The van der Waals surface area contributed by atoms with E-state index in [1.165, 1.54) is 11.1 Å². The van der Waals surface area contributed by atoms with Gasteiger partial charge in [-0.05, 0) is 35.7 Å². The molecule has 0 spiro atoms. The van der Waals surface area contributed by atoms with Gasteiger partial charge in [-0.2, -0.15) is 5.26 Å². The minimum absolute atomic E-state index is 0.722. The third-order valence-corrected chi connectivity index (χ3v) is 3.34. The minimum Gasteiger partial charge on any atom is -0.493 e. The van der Waals surface area contributed by atoms with Crippen molar-refractivity contribution in [2.75, 3.05) is 6.61 Å². The summed E-state index contributed by atoms with van der Waals surface area (Å²) in [6, 6.07) is 12.3. The molecular weight excluding hydrogens is 224 g/mol. The van der Waals surface area contributed by atoms with Crippen molar-refractivity contribution < 1.29 is 4.74 Å². The zero-order chi connectivity index (χ0) is 12.4. The Kier molecular flexibility index (Phi) is 2.77. The van der Waals surface area contributed by atoms with Gasteiger partial charge >= 0.3 is 0 Å². The van der Waals surface area contributed by atoms with E-state index in [9.17, 15) is 0 Å². The lowest BCUT2D eigenvalue weighted by Crippen LogP contribution is -2.02. The van der Waals surface area contributed by atoms with Crippen molar-refractivity contribution >= 4 is 0 Å². The van der Waals surface area contributed by atoms with Crippen LogP contribution < -0.4 is 4.74 Å². The van der Waals surface area contributed by atoms with Gasteiger partial charge in [0.2, 0.25) is 0 Å². The molecule has 0 radical (unpaired) electrons. The Morgan fingerprint density at radius 1 is 1.33 bits per heavy atom. The quantitative estimate of drug-likeness (QED) is 0.824. The van der Waals surface area contributed by atoms with E-state index in [0.717, 1.165) is 37.4 Å². The van der Waals surface area contributed by atoms with Gasteiger partial charge in [0.15, 0.2) is 0 Å². The molecule has 0 fully saturated rings. The summed E-state index contributed by atoms with van der Waals surface area (Å²) >= 11 is 0. The van der Waals surface area contributed by atoms with Crippen LogP contribution >= 0.6 is 0 Å². The van der Waals surface area contributed by atoms with Crippen molar-refractivity contribution in [3.63, 3.8) is 0 Å². The summed E-state index contributed by atoms with van der Waals surface area (Å²) in [5.74, 6) is 1.03. The van der Waals surface area contributed by atoms with E-state index in [2.05, 4.69) is 24.3 Å². The lowest BCUT2D eigenvalue weighted by atomic mass is 10.1. The Bertz CT molecular complexity index is 607. The third-order valence-electron chi connectivity index (χ3n) is 3.34. The van der Waals surface area contributed by atoms with Crippen molar-refractivity contribution in [2.24, 2.45) is 0 Å². The second-order valence-electron chi connectivity index (χ2n) is 4.49. The summed E-state index contributed by atoms with van der Waals surface area (Å²) in [5, 5.41) is 8.94. The van der Waals surface area contributed by atoms with Crippen LogP contribution in [0.3, 0.4) is 0 Å². The maximum Gasteiger partial charge on any atom is 0.122 e. The first-order valence-electron chi connectivity index (χ1n) is 6.16. The molecule has 0 amide bonds. The number of hydrogen-bond acceptors (Lipinski definition) is 2. The standard InChI is InChI=1S/C15H14N2O/c16-11-14-2-1-7-17(14)8-5-12-3-4-15-13(10-12)6-9-18-15/h1-4,7,10H,5-6,8-9H2. The van der Waals surface area contributed by atoms with E-state index in [0.29, 0.717) is 0 Å². The molecule has 0 N–H and O–H groups in total. The van der Waals surface area contributed by atoms with E-state index < -0.39 is 0 Å². The van der Waals surface area contributed by atoms with Crippen molar-refractivity contribution in [1.82, 2.24) is 4.57 Å². The van der Waals surface area contributed by atoms with Gasteiger partial charge in [-0.3, -0.25) is 0 Å². The Labute approximate surface area is 106 Å². The number of fused-ring (bicyclic) bond motifs is 1. The molecule has 1 aliphatic heterocycles. The molecule has 0 unspecified atom stereocenters. The van der Waals surface area contributed by atoms with Gasteiger partial charge in [0, 0.05) is 19.2 Å². The van der Waals surface area contributed by atoms with Crippen molar-refractivity contribution in [1.29, 1.82) is 5.26 Å². The molecule has 3 nitrogen and oxygen atoms in total. The van der Waals surface area contributed by atoms with Crippen molar-refractivity contribution in [3.05, 3.63) is 53.3 Å². The van der Waals surface area contributed by atoms with E-state index in [1.54, 1.807) is 0 Å². The largest absolute Gasteiger partial charge is 0.493 e. The predicted molar refractivity (Wildman–Crippen MR) is 68.5 cm³/mol. The molecule has 3 heteroatoms. The van der Waals surface area contributed by atoms with Gasteiger partial charge in [-0.1, -0.05) is 12.1 Å². The number of aromatic nitrogens is 1. The fraction of sp³-hybridized carbons (Fsp3) is 0.267. The van der Waals surface area contributed by atoms with Gasteiger partial charge in [-0.15, -0.1) is 0 Å². The molecule has 1 aromatic carbocycles. The number of nitriles is 1. The van der Waals surface area contributed by atoms with Crippen LogP contribution in [0, 0.1) is 11.3 Å². The lowest BCUT2D eigenvalue weighted by molar-refractivity contribution is 0.357. The smallest absolute Gasteiger partial charge is 0.122 e. The van der Waals surface area contributed by atoms with Crippen LogP contribution in [-0.4, -0.2) is 11.2 Å². The number of aryl methyl sites for hydroxylation is 2. The Morgan fingerprint density at radius 2 is 2.28 bits per heavy atom. The zero-order valence-corrected chi connectivity index (χ0v) is 10.1. The van der Waals surface area contributed by atoms with Gasteiger partial charge in [-0.25, -0.2) is 0 Å². The van der Waals surface area contributed by atoms with E-state index in [4.69, 9.17) is 10.00 Å². The second-order valence-corrected chi connectivity index (χ2v) is 4.49. The molecule has 0 saturated carbocycles. The predicted octanol–water partition coefficient (Wildman–Crippen LogP) is 2.54. The van der Waals surface area contributed by atoms with E-state index in [-0.39, 0.29) is 0 Å². The van der Waals surface area contributed by atoms with Crippen LogP contribution in [0.15, 0.2) is 36.5 Å². The maximum absolute atomic E-state index is 8.94. The first kappa shape index (κ1) is 10.9. The van der Waals surface area contributed by atoms with Gasteiger partial charge in [0.1, 0.15) is 17.5 Å². The fourth-order valence-electron chi connectivity index (χ4n) is 2.36. The molecule has 0 atom stereocenters. The zero-order valence-electron chi connectivity index (χ0n) is 10.1. The molecule has 0 aliphatic carbocycles. The number of rotatable bonds is 3. The molecule has 90 valence electrons. The number of nitrogens with zero attached hydrogens (tertiary/aromatic N) is 2. The molecular formula is C15H14N2O. The third kappa shape index (κ3) is 1.98. The van der Waals surface area contributed by atoms with Crippen LogP contribution in [0.4, 0.5) is 0 Å². The van der Waals surface area contributed by atoms with Gasteiger partial charge in [0.05, 0.1) is 6.61 Å². The Balaban J connectivity index is 1.72. The van der Waals surface area contributed by atoms with E-state index >= 15 is 0 Å². The highest BCUT2D eigenvalue weighted by atomic mass is 16.5. The van der Waals surface area contributed by atoms with Crippen LogP contribution in [0.5, 0.6) is 5.75 Å². The highest BCUT2D eigenvalue weighted by Crippen LogP contribution is 2.26. The SMILES string of the molecule is N#Cc1cccn1CCc1ccc2c(c1)CCO2. The minimum atomic E-state index is 0.722. The van der Waals surface area contributed by atoms with Crippen LogP contribution in [0.25, 0.3) is 0 Å².